The second-order valence-corrected chi connectivity index (χ2v) is 5.80. The van der Waals surface area contributed by atoms with Crippen molar-refractivity contribution < 1.29 is 27.9 Å². The SMILES string of the molecule is CCOC(=O)CS(=O)(=O)Nc1cc(C(=O)O)ccc1Cl. The van der Waals surface area contributed by atoms with Crippen molar-refractivity contribution in [2.45, 2.75) is 6.92 Å². The second kappa shape index (κ2) is 6.58. The fourth-order valence-corrected chi connectivity index (χ4v) is 2.49. The lowest BCUT2D eigenvalue weighted by molar-refractivity contribution is -0.139. The fourth-order valence-electron chi connectivity index (χ4n) is 1.30. The summed E-state index contributed by atoms with van der Waals surface area (Å²) in [5.41, 5.74) is -0.251. The standard InChI is InChI=1S/C11H12ClNO6S/c1-2-19-10(14)6-20(17,18)13-9-5-7(11(15)16)3-4-8(9)12/h3-5,13H,2,6H2,1H3,(H,15,16). The molecule has 2 N–H and O–H groups in total. The van der Waals surface area contributed by atoms with Gasteiger partial charge in [0.25, 0.3) is 0 Å². The topological polar surface area (TPSA) is 110 Å². The van der Waals surface area contributed by atoms with Crippen molar-refractivity contribution in [1.82, 2.24) is 0 Å². The number of esters is 1. The van der Waals surface area contributed by atoms with Crippen LogP contribution in [0, 0.1) is 0 Å². The number of hydrogen-bond acceptors (Lipinski definition) is 5. The summed E-state index contributed by atoms with van der Waals surface area (Å²) in [6, 6.07) is 3.54. The van der Waals surface area contributed by atoms with Gasteiger partial charge in [-0.1, -0.05) is 11.6 Å². The van der Waals surface area contributed by atoms with Gasteiger partial charge in [-0.25, -0.2) is 13.2 Å². The van der Waals surface area contributed by atoms with Gasteiger partial charge in [0, 0.05) is 0 Å². The zero-order chi connectivity index (χ0) is 15.3. The molecule has 1 aromatic rings. The molecule has 0 bridgehead atoms. The molecule has 0 aliphatic rings. The number of anilines is 1. The van der Waals surface area contributed by atoms with Crippen LogP contribution >= 0.6 is 11.6 Å². The van der Waals surface area contributed by atoms with Crippen LogP contribution in [0.2, 0.25) is 5.02 Å². The Balaban J connectivity index is 2.94. The van der Waals surface area contributed by atoms with Gasteiger partial charge in [-0.05, 0) is 25.1 Å². The van der Waals surface area contributed by atoms with E-state index in [1.807, 2.05) is 4.72 Å². The Bertz CT molecular complexity index is 628. The van der Waals surface area contributed by atoms with E-state index >= 15 is 0 Å². The average molecular weight is 322 g/mol. The minimum Gasteiger partial charge on any atom is -0.478 e. The van der Waals surface area contributed by atoms with E-state index in [9.17, 15) is 18.0 Å². The molecule has 20 heavy (non-hydrogen) atoms. The third-order valence-corrected chi connectivity index (χ3v) is 3.57. The van der Waals surface area contributed by atoms with E-state index in [0.29, 0.717) is 0 Å². The summed E-state index contributed by atoms with van der Waals surface area (Å²) in [6.07, 6.45) is 0. The number of carbonyl (C=O) groups is 2. The second-order valence-electron chi connectivity index (χ2n) is 3.67. The first-order valence-corrected chi connectivity index (χ1v) is 7.47. The molecule has 0 amide bonds. The molecular formula is C11H12ClNO6S. The van der Waals surface area contributed by atoms with Crippen LogP contribution in [0.3, 0.4) is 0 Å². The molecule has 9 heteroatoms. The summed E-state index contributed by atoms with van der Waals surface area (Å²) in [5.74, 6) is -3.02. The molecule has 0 atom stereocenters. The lowest BCUT2D eigenvalue weighted by Gasteiger charge is -2.09. The maximum absolute atomic E-state index is 11.7. The molecule has 0 radical (unpaired) electrons. The first-order valence-electron chi connectivity index (χ1n) is 5.44. The highest BCUT2D eigenvalue weighted by Crippen LogP contribution is 2.24. The molecule has 0 heterocycles. The molecule has 0 unspecified atom stereocenters. The largest absolute Gasteiger partial charge is 0.478 e. The van der Waals surface area contributed by atoms with E-state index in [1.54, 1.807) is 6.92 Å². The van der Waals surface area contributed by atoms with Crippen molar-refractivity contribution in [3.05, 3.63) is 28.8 Å². The number of benzene rings is 1. The molecule has 0 aliphatic carbocycles. The van der Waals surface area contributed by atoms with E-state index < -0.39 is 27.7 Å². The summed E-state index contributed by atoms with van der Waals surface area (Å²) in [7, 11) is -4.02. The van der Waals surface area contributed by atoms with Crippen molar-refractivity contribution in [1.29, 1.82) is 0 Å². The number of hydrogen-bond donors (Lipinski definition) is 2. The molecule has 0 aliphatic heterocycles. The third kappa shape index (κ3) is 4.71. The van der Waals surface area contributed by atoms with Gasteiger partial charge in [-0.3, -0.25) is 9.52 Å². The monoisotopic (exact) mass is 321 g/mol. The number of aromatic carboxylic acids is 1. The Morgan fingerprint density at radius 3 is 2.60 bits per heavy atom. The summed E-state index contributed by atoms with van der Waals surface area (Å²) >= 11 is 5.77. The summed E-state index contributed by atoms with van der Waals surface area (Å²) in [4.78, 5) is 21.9. The molecule has 110 valence electrons. The Morgan fingerprint density at radius 1 is 1.40 bits per heavy atom. The van der Waals surface area contributed by atoms with E-state index in [-0.39, 0.29) is 22.9 Å². The van der Waals surface area contributed by atoms with Gasteiger partial charge < -0.3 is 9.84 Å². The average Bonchev–Trinajstić information content (AvgIpc) is 2.30. The number of carbonyl (C=O) groups excluding carboxylic acids is 1. The molecule has 7 nitrogen and oxygen atoms in total. The van der Waals surface area contributed by atoms with Gasteiger partial charge >= 0.3 is 11.9 Å². The van der Waals surface area contributed by atoms with Gasteiger partial charge in [0.2, 0.25) is 10.0 Å². The smallest absolute Gasteiger partial charge is 0.335 e. The number of ether oxygens (including phenoxy) is 1. The van der Waals surface area contributed by atoms with E-state index in [4.69, 9.17) is 16.7 Å². The lowest BCUT2D eigenvalue weighted by Crippen LogP contribution is -2.24. The van der Waals surface area contributed by atoms with Crippen molar-refractivity contribution in [2.75, 3.05) is 17.1 Å². The number of halogens is 1. The fraction of sp³-hybridized carbons (Fsp3) is 0.273. The first-order chi connectivity index (χ1) is 9.25. The Morgan fingerprint density at radius 2 is 2.05 bits per heavy atom. The van der Waals surface area contributed by atoms with Gasteiger partial charge in [0.15, 0.2) is 5.75 Å². The highest BCUT2D eigenvalue weighted by atomic mass is 35.5. The Hall–Kier alpha value is -1.80. The summed E-state index contributed by atoms with van der Waals surface area (Å²) in [6.45, 7) is 1.61. The molecule has 1 aromatic carbocycles. The Labute approximate surface area is 120 Å². The van der Waals surface area contributed by atoms with Crippen LogP contribution in [0.5, 0.6) is 0 Å². The van der Waals surface area contributed by atoms with Gasteiger partial charge in [-0.15, -0.1) is 0 Å². The van der Waals surface area contributed by atoms with E-state index in [0.717, 1.165) is 6.07 Å². The highest BCUT2D eigenvalue weighted by Gasteiger charge is 2.19. The predicted octanol–water partition coefficient (Wildman–Crippen LogP) is 1.34. The zero-order valence-electron chi connectivity index (χ0n) is 10.4. The number of nitrogens with one attached hydrogen (secondary N) is 1. The predicted molar refractivity (Wildman–Crippen MR) is 72.5 cm³/mol. The van der Waals surface area contributed by atoms with Crippen LogP contribution in [-0.4, -0.2) is 37.8 Å². The van der Waals surface area contributed by atoms with Crippen LogP contribution < -0.4 is 4.72 Å². The molecule has 0 saturated carbocycles. The maximum atomic E-state index is 11.7. The first kappa shape index (κ1) is 16.3. The van der Waals surface area contributed by atoms with Gasteiger partial charge in [-0.2, -0.15) is 0 Å². The molecule has 0 aromatic heterocycles. The van der Waals surface area contributed by atoms with Crippen LogP contribution in [0.25, 0.3) is 0 Å². The van der Waals surface area contributed by atoms with Crippen molar-refractivity contribution in [3.8, 4) is 0 Å². The summed E-state index contributed by atoms with van der Waals surface area (Å²) in [5, 5.41) is 8.84. The maximum Gasteiger partial charge on any atom is 0.335 e. The lowest BCUT2D eigenvalue weighted by atomic mass is 10.2. The summed E-state index contributed by atoms with van der Waals surface area (Å²) < 4.78 is 30.0. The van der Waals surface area contributed by atoms with Crippen LogP contribution in [0.15, 0.2) is 18.2 Å². The van der Waals surface area contributed by atoms with Crippen molar-refractivity contribution in [2.24, 2.45) is 0 Å². The number of rotatable bonds is 6. The quantitative estimate of drug-likeness (QED) is 0.765. The zero-order valence-corrected chi connectivity index (χ0v) is 12.0. The molecule has 0 spiro atoms. The minimum atomic E-state index is -4.02. The van der Waals surface area contributed by atoms with Gasteiger partial charge in [0.05, 0.1) is 22.9 Å². The van der Waals surface area contributed by atoms with E-state index in [2.05, 4.69) is 4.74 Å². The molecule has 0 fully saturated rings. The van der Waals surface area contributed by atoms with Gasteiger partial charge in [0.1, 0.15) is 0 Å². The van der Waals surface area contributed by atoms with Crippen LogP contribution in [0.1, 0.15) is 17.3 Å². The number of carboxylic acids is 1. The number of sulfonamides is 1. The highest BCUT2D eigenvalue weighted by molar-refractivity contribution is 7.93. The van der Waals surface area contributed by atoms with Crippen molar-refractivity contribution >= 4 is 39.3 Å². The molecule has 1 rings (SSSR count). The third-order valence-electron chi connectivity index (χ3n) is 2.09. The number of carboxylic acid groups (broad SMARTS) is 1. The molecule has 0 saturated heterocycles. The Kier molecular flexibility index (Phi) is 5.34. The molecular weight excluding hydrogens is 310 g/mol. The normalized spacial score (nSPS) is 10.9. The van der Waals surface area contributed by atoms with Crippen molar-refractivity contribution in [3.63, 3.8) is 0 Å². The van der Waals surface area contributed by atoms with Crippen LogP contribution in [-0.2, 0) is 19.6 Å². The van der Waals surface area contributed by atoms with E-state index in [1.165, 1.54) is 12.1 Å². The minimum absolute atomic E-state index is 0.0161. The van der Waals surface area contributed by atoms with Crippen LogP contribution in [0.4, 0.5) is 5.69 Å².